The van der Waals surface area contributed by atoms with Crippen LogP contribution in [0.25, 0.3) is 21.8 Å². The molecule has 2 aromatic carbocycles. The van der Waals surface area contributed by atoms with Gasteiger partial charge in [0.25, 0.3) is 5.56 Å². The Bertz CT molecular complexity index is 1290. The zero-order chi connectivity index (χ0) is 20.0. The second-order valence-corrected chi connectivity index (χ2v) is 6.59. The number of nitrogens with one attached hydrogen (secondary N) is 2. The monoisotopic (exact) mass is 382 g/mol. The maximum absolute atomic E-state index is 13.0. The first-order valence-corrected chi connectivity index (χ1v) is 8.60. The molecule has 142 valence electrons. The van der Waals surface area contributed by atoms with E-state index < -0.39 is 12.7 Å². The van der Waals surface area contributed by atoms with Gasteiger partial charge in [-0.2, -0.15) is 14.0 Å². The summed E-state index contributed by atoms with van der Waals surface area (Å²) in [7, 11) is 0. The molecular weight excluding hydrogens is 366 g/mol. The minimum Gasteiger partial charge on any atom is -0.434 e. The van der Waals surface area contributed by atoms with E-state index in [0.717, 1.165) is 11.1 Å². The maximum Gasteiger partial charge on any atom is 0.387 e. The lowest BCUT2D eigenvalue weighted by Gasteiger charge is -2.19. The van der Waals surface area contributed by atoms with Crippen LogP contribution in [0.2, 0.25) is 0 Å². The Labute approximate surface area is 157 Å². The third kappa shape index (κ3) is 2.72. The molecule has 0 aliphatic carbocycles. The first-order valence-electron chi connectivity index (χ1n) is 8.60. The van der Waals surface area contributed by atoms with Crippen molar-refractivity contribution in [2.75, 3.05) is 0 Å². The molecule has 2 N–H and O–H groups in total. The molecule has 6 nitrogen and oxygen atoms in total. The highest BCUT2D eigenvalue weighted by molar-refractivity contribution is 5.89. The van der Waals surface area contributed by atoms with Crippen LogP contribution in [-0.2, 0) is 0 Å². The highest BCUT2D eigenvalue weighted by atomic mass is 19.3. The SMILES string of the molecule is Cc1cc(OC(F)F)c(C(C)n2[nH]c3ccc(C#N)cc3c2=O)c2cc[nH]c12. The van der Waals surface area contributed by atoms with Gasteiger partial charge in [-0.3, -0.25) is 9.89 Å². The molecule has 4 aromatic rings. The fourth-order valence-electron chi connectivity index (χ4n) is 3.62. The van der Waals surface area contributed by atoms with E-state index in [0.29, 0.717) is 27.4 Å². The summed E-state index contributed by atoms with van der Waals surface area (Å²) in [5.74, 6) is 0.0235. The Morgan fingerprint density at radius 2 is 2.00 bits per heavy atom. The van der Waals surface area contributed by atoms with E-state index in [1.165, 1.54) is 16.8 Å². The van der Waals surface area contributed by atoms with Crippen molar-refractivity contribution in [3.8, 4) is 11.8 Å². The molecule has 0 fully saturated rings. The normalized spacial score (nSPS) is 12.6. The van der Waals surface area contributed by atoms with Gasteiger partial charge in [-0.05, 0) is 49.7 Å². The summed E-state index contributed by atoms with van der Waals surface area (Å²) in [4.78, 5) is 16.0. The zero-order valence-corrected chi connectivity index (χ0v) is 15.1. The third-order valence-electron chi connectivity index (χ3n) is 4.90. The number of hydrogen-bond donors (Lipinski definition) is 2. The lowest BCUT2D eigenvalue weighted by molar-refractivity contribution is -0.0506. The van der Waals surface area contributed by atoms with Crippen molar-refractivity contribution in [2.45, 2.75) is 26.5 Å². The average Bonchev–Trinajstić information content (AvgIpc) is 3.26. The minimum atomic E-state index is -2.99. The first-order chi connectivity index (χ1) is 13.4. The number of alkyl halides is 2. The predicted octanol–water partition coefficient (Wildman–Crippen LogP) is 4.20. The topological polar surface area (TPSA) is 86.6 Å². The molecule has 2 aromatic heterocycles. The summed E-state index contributed by atoms with van der Waals surface area (Å²) in [5.41, 5.74) is 2.61. The Morgan fingerprint density at radius 3 is 2.71 bits per heavy atom. The van der Waals surface area contributed by atoms with Crippen LogP contribution in [-0.4, -0.2) is 21.4 Å². The Hall–Kier alpha value is -3.60. The van der Waals surface area contributed by atoms with Crippen molar-refractivity contribution < 1.29 is 13.5 Å². The molecule has 0 radical (unpaired) electrons. The number of rotatable bonds is 4. The van der Waals surface area contributed by atoms with Crippen LogP contribution in [0.4, 0.5) is 8.78 Å². The van der Waals surface area contributed by atoms with Gasteiger partial charge in [-0.1, -0.05) is 0 Å². The molecular formula is C20H16F2N4O2. The van der Waals surface area contributed by atoms with E-state index in [1.807, 2.05) is 6.07 Å². The molecule has 0 aliphatic heterocycles. The van der Waals surface area contributed by atoms with Crippen LogP contribution in [0.5, 0.6) is 5.75 Å². The van der Waals surface area contributed by atoms with E-state index in [4.69, 9.17) is 10.00 Å². The van der Waals surface area contributed by atoms with E-state index >= 15 is 0 Å². The number of nitrogens with zero attached hydrogens (tertiary/aromatic N) is 2. The number of H-pyrrole nitrogens is 2. The molecule has 4 rings (SSSR count). The molecule has 0 amide bonds. The number of aromatic amines is 2. The summed E-state index contributed by atoms with van der Waals surface area (Å²) >= 11 is 0. The molecule has 0 saturated heterocycles. The molecule has 0 bridgehead atoms. The molecule has 0 saturated carbocycles. The number of aromatic nitrogens is 3. The summed E-state index contributed by atoms with van der Waals surface area (Å²) in [6.07, 6.45) is 1.72. The number of nitriles is 1. The van der Waals surface area contributed by atoms with Gasteiger partial charge < -0.3 is 9.72 Å². The smallest absolute Gasteiger partial charge is 0.387 e. The van der Waals surface area contributed by atoms with Gasteiger partial charge >= 0.3 is 6.61 Å². The number of fused-ring (bicyclic) bond motifs is 2. The number of ether oxygens (including phenoxy) is 1. The van der Waals surface area contributed by atoms with Crippen molar-refractivity contribution in [1.82, 2.24) is 14.8 Å². The highest BCUT2D eigenvalue weighted by Gasteiger charge is 2.23. The quantitative estimate of drug-likeness (QED) is 0.555. The van der Waals surface area contributed by atoms with Gasteiger partial charge in [0.05, 0.1) is 28.6 Å². The molecule has 8 heteroatoms. The Balaban J connectivity index is 1.95. The molecule has 0 aliphatic rings. The van der Waals surface area contributed by atoms with Crippen LogP contribution in [0.15, 0.2) is 41.3 Å². The fraction of sp³-hybridized carbons (Fsp3) is 0.200. The molecule has 28 heavy (non-hydrogen) atoms. The summed E-state index contributed by atoms with van der Waals surface area (Å²) in [5, 5.41) is 13.1. The first kappa shape index (κ1) is 17.8. The summed E-state index contributed by atoms with van der Waals surface area (Å²) < 4.78 is 32.2. The molecule has 0 spiro atoms. The van der Waals surface area contributed by atoms with Crippen LogP contribution in [0.3, 0.4) is 0 Å². The Kier molecular flexibility index (Phi) is 4.15. The number of benzene rings is 2. The van der Waals surface area contributed by atoms with Crippen molar-refractivity contribution in [3.05, 3.63) is 63.6 Å². The minimum absolute atomic E-state index is 0.0235. The van der Waals surface area contributed by atoms with Crippen LogP contribution >= 0.6 is 0 Å². The summed E-state index contributed by atoms with van der Waals surface area (Å²) in [6.45, 7) is 0.543. The number of aryl methyl sites for hydroxylation is 1. The summed E-state index contributed by atoms with van der Waals surface area (Å²) in [6, 6.07) is 9.47. The molecule has 1 unspecified atom stereocenters. The van der Waals surface area contributed by atoms with Crippen molar-refractivity contribution in [1.29, 1.82) is 5.26 Å². The lowest BCUT2D eigenvalue weighted by atomic mass is 9.99. The second-order valence-electron chi connectivity index (χ2n) is 6.59. The van der Waals surface area contributed by atoms with Gasteiger partial charge in [0.2, 0.25) is 0 Å². The van der Waals surface area contributed by atoms with Crippen molar-refractivity contribution in [3.63, 3.8) is 0 Å². The highest BCUT2D eigenvalue weighted by Crippen LogP contribution is 2.37. The van der Waals surface area contributed by atoms with Crippen LogP contribution < -0.4 is 10.3 Å². The largest absolute Gasteiger partial charge is 0.434 e. The number of halogens is 2. The van der Waals surface area contributed by atoms with Crippen molar-refractivity contribution in [2.24, 2.45) is 0 Å². The third-order valence-corrected chi connectivity index (χ3v) is 4.90. The van der Waals surface area contributed by atoms with E-state index in [2.05, 4.69) is 10.1 Å². The van der Waals surface area contributed by atoms with E-state index in [1.54, 1.807) is 38.2 Å². The van der Waals surface area contributed by atoms with Gasteiger partial charge in [0.1, 0.15) is 5.75 Å². The van der Waals surface area contributed by atoms with Crippen molar-refractivity contribution >= 4 is 21.8 Å². The number of hydrogen-bond acceptors (Lipinski definition) is 3. The molecule has 1 atom stereocenters. The fourth-order valence-corrected chi connectivity index (χ4v) is 3.62. The average molecular weight is 382 g/mol. The molecule has 2 heterocycles. The maximum atomic E-state index is 13.0. The van der Waals surface area contributed by atoms with Crippen LogP contribution in [0, 0.1) is 18.3 Å². The van der Waals surface area contributed by atoms with Gasteiger partial charge in [0.15, 0.2) is 0 Å². The lowest BCUT2D eigenvalue weighted by Crippen LogP contribution is -2.22. The van der Waals surface area contributed by atoms with Gasteiger partial charge in [0, 0.05) is 22.7 Å². The predicted molar refractivity (Wildman–Crippen MR) is 101 cm³/mol. The van der Waals surface area contributed by atoms with Crippen LogP contribution in [0.1, 0.15) is 29.7 Å². The van der Waals surface area contributed by atoms with Gasteiger partial charge in [-0.15, -0.1) is 0 Å². The standard InChI is InChI=1S/C20H16F2N4O2/c1-10-7-16(28-20(21)22)17(13-5-6-24-18(10)13)11(2)26-19(27)14-8-12(9-23)3-4-15(14)25-26/h3-8,11,20,24-25H,1-2H3. The van der Waals surface area contributed by atoms with Gasteiger partial charge in [-0.25, -0.2) is 4.68 Å². The van der Waals surface area contributed by atoms with E-state index in [-0.39, 0.29) is 11.3 Å². The van der Waals surface area contributed by atoms with E-state index in [9.17, 15) is 13.6 Å². The Morgan fingerprint density at radius 1 is 1.21 bits per heavy atom. The second kappa shape index (κ2) is 6.53. The zero-order valence-electron chi connectivity index (χ0n) is 15.1.